The fraction of sp³-hybridized carbons (Fsp3) is 0.714. The Morgan fingerprint density at radius 2 is 1.78 bits per heavy atom. The monoisotopic (exact) mass is 376 g/mol. The van der Waals surface area contributed by atoms with Crippen LogP contribution in [0.4, 0.5) is 0 Å². The van der Waals surface area contributed by atoms with Crippen LogP contribution in [-0.4, -0.2) is 34.2 Å². The third kappa shape index (κ3) is 2.50. The van der Waals surface area contributed by atoms with E-state index in [0.29, 0.717) is 17.6 Å². The smallest absolute Gasteiger partial charge is 0.205 e. The van der Waals surface area contributed by atoms with Crippen LogP contribution in [0.1, 0.15) is 46.5 Å². The molecule has 4 aliphatic rings. The molecule has 1 aromatic rings. The predicted molar refractivity (Wildman–Crippen MR) is 96.1 cm³/mol. The highest BCUT2D eigenvalue weighted by molar-refractivity contribution is 5.40. The number of phenolic OH excluding ortho intramolecular Hbond substituents is 2. The first-order valence-corrected chi connectivity index (χ1v) is 10.0. The first-order valence-electron chi connectivity index (χ1n) is 10.0. The van der Waals surface area contributed by atoms with E-state index < -0.39 is 24.0 Å². The Morgan fingerprint density at radius 1 is 1.04 bits per heavy atom. The number of hydrogen-bond donors (Lipinski definition) is 2. The van der Waals surface area contributed by atoms with E-state index in [4.69, 9.17) is 18.9 Å². The van der Waals surface area contributed by atoms with Gasteiger partial charge in [-0.05, 0) is 38.0 Å². The van der Waals surface area contributed by atoms with Crippen molar-refractivity contribution in [2.45, 2.75) is 70.4 Å². The second kappa shape index (κ2) is 5.75. The summed E-state index contributed by atoms with van der Waals surface area (Å²) in [4.78, 5) is 0. The van der Waals surface area contributed by atoms with Crippen LogP contribution in [0.25, 0.3) is 0 Å². The quantitative estimate of drug-likeness (QED) is 0.819. The topological polar surface area (TPSA) is 77.4 Å². The van der Waals surface area contributed by atoms with Gasteiger partial charge in [0.1, 0.15) is 22.8 Å². The van der Waals surface area contributed by atoms with Gasteiger partial charge in [0.25, 0.3) is 0 Å². The summed E-state index contributed by atoms with van der Waals surface area (Å²) in [6, 6.07) is 4.24. The first kappa shape index (κ1) is 17.6. The predicted octanol–water partition coefficient (Wildman–Crippen LogP) is 3.75. The van der Waals surface area contributed by atoms with Gasteiger partial charge in [0, 0.05) is 36.5 Å². The van der Waals surface area contributed by atoms with Gasteiger partial charge in [-0.3, -0.25) is 0 Å². The number of rotatable bonds is 2. The maximum atomic E-state index is 9.74. The molecule has 3 aliphatic heterocycles. The van der Waals surface area contributed by atoms with Crippen molar-refractivity contribution in [2.75, 3.05) is 0 Å². The van der Waals surface area contributed by atoms with E-state index in [1.54, 1.807) is 0 Å². The molecule has 148 valence electrons. The van der Waals surface area contributed by atoms with Gasteiger partial charge in [0.2, 0.25) is 6.29 Å². The van der Waals surface area contributed by atoms with E-state index in [9.17, 15) is 10.2 Å². The molecule has 3 saturated heterocycles. The Morgan fingerprint density at radius 3 is 2.52 bits per heavy atom. The Balaban J connectivity index is 1.48. The fourth-order valence-corrected chi connectivity index (χ4v) is 6.04. The molecular formula is C21H28O6. The molecule has 3 heterocycles. The van der Waals surface area contributed by atoms with Gasteiger partial charge in [-0.25, -0.2) is 0 Å². The van der Waals surface area contributed by atoms with Crippen LogP contribution in [-0.2, 0) is 14.2 Å². The molecule has 1 spiro atoms. The van der Waals surface area contributed by atoms with Crippen molar-refractivity contribution in [2.24, 2.45) is 23.7 Å². The molecule has 5 unspecified atom stereocenters. The summed E-state index contributed by atoms with van der Waals surface area (Å²) in [5.74, 6) is 1.13. The van der Waals surface area contributed by atoms with Gasteiger partial charge >= 0.3 is 0 Å². The number of benzene rings is 1. The minimum atomic E-state index is -0.589. The third-order valence-corrected chi connectivity index (χ3v) is 7.26. The van der Waals surface area contributed by atoms with E-state index >= 15 is 0 Å². The molecule has 0 radical (unpaired) electrons. The van der Waals surface area contributed by atoms with Gasteiger partial charge in [-0.2, -0.15) is 0 Å². The Kier molecular flexibility index (Phi) is 3.75. The van der Waals surface area contributed by atoms with Crippen LogP contribution in [0.15, 0.2) is 18.2 Å². The van der Waals surface area contributed by atoms with Crippen molar-refractivity contribution in [3.63, 3.8) is 0 Å². The lowest BCUT2D eigenvalue weighted by Crippen LogP contribution is -2.66. The molecule has 6 heteroatoms. The lowest BCUT2D eigenvalue weighted by atomic mass is 9.57. The average molecular weight is 376 g/mol. The molecule has 4 fully saturated rings. The van der Waals surface area contributed by atoms with Crippen molar-refractivity contribution in [3.8, 4) is 17.2 Å². The summed E-state index contributed by atoms with van der Waals surface area (Å²) in [5, 5.41) is 19.5. The molecule has 0 aromatic heterocycles. The number of hydrogen-bond acceptors (Lipinski definition) is 6. The van der Waals surface area contributed by atoms with Crippen LogP contribution >= 0.6 is 0 Å². The molecule has 1 aromatic carbocycles. The van der Waals surface area contributed by atoms with Crippen molar-refractivity contribution in [1.29, 1.82) is 0 Å². The van der Waals surface area contributed by atoms with E-state index in [2.05, 4.69) is 13.8 Å². The van der Waals surface area contributed by atoms with Gasteiger partial charge in [-0.1, -0.05) is 13.8 Å². The highest BCUT2D eigenvalue weighted by Crippen LogP contribution is 2.63. The zero-order valence-corrected chi connectivity index (χ0v) is 16.1. The summed E-state index contributed by atoms with van der Waals surface area (Å²) in [7, 11) is 0. The van der Waals surface area contributed by atoms with Gasteiger partial charge < -0.3 is 29.2 Å². The van der Waals surface area contributed by atoms with E-state index in [1.165, 1.54) is 24.6 Å². The maximum Gasteiger partial charge on any atom is 0.205 e. The number of ether oxygens (including phenoxy) is 4. The van der Waals surface area contributed by atoms with Crippen molar-refractivity contribution in [3.05, 3.63) is 18.2 Å². The van der Waals surface area contributed by atoms with Crippen LogP contribution < -0.4 is 4.74 Å². The molecule has 2 N–H and O–H groups in total. The van der Waals surface area contributed by atoms with Crippen molar-refractivity contribution in [1.82, 2.24) is 0 Å². The highest BCUT2D eigenvalue weighted by Gasteiger charge is 2.71. The largest absolute Gasteiger partial charge is 0.508 e. The van der Waals surface area contributed by atoms with E-state index in [0.717, 1.165) is 19.3 Å². The lowest BCUT2D eigenvalue weighted by Gasteiger charge is -2.58. The molecule has 1 aliphatic carbocycles. The second-order valence-corrected chi connectivity index (χ2v) is 9.01. The molecule has 6 nitrogen and oxygen atoms in total. The number of phenols is 2. The Labute approximate surface area is 159 Å². The van der Waals surface area contributed by atoms with E-state index in [1.807, 2.05) is 6.92 Å². The summed E-state index contributed by atoms with van der Waals surface area (Å²) < 4.78 is 25.3. The molecule has 5 rings (SSSR count). The summed E-state index contributed by atoms with van der Waals surface area (Å²) in [6.07, 6.45) is 3.25. The summed E-state index contributed by atoms with van der Waals surface area (Å²) >= 11 is 0. The van der Waals surface area contributed by atoms with Crippen LogP contribution in [0.5, 0.6) is 17.2 Å². The standard InChI is InChI=1S/C21H28O6/c1-11-4-5-17-12(2)18(24-15-9-13(22)8-14(23)10-15)25-19-21(17)16(11)6-7-20(3,26-19)27-21/h8-12,16-19,22-23H,4-7H2,1-3H3/t11-,12-,16?,17?,18?,19?,20-,21?/m1/s1. The van der Waals surface area contributed by atoms with E-state index in [-0.39, 0.29) is 23.3 Å². The normalized spacial score (nSPS) is 48.1. The minimum Gasteiger partial charge on any atom is -0.508 e. The van der Waals surface area contributed by atoms with Gasteiger partial charge in [-0.15, -0.1) is 0 Å². The Hall–Kier alpha value is -1.50. The van der Waals surface area contributed by atoms with Crippen LogP contribution in [0, 0.1) is 23.7 Å². The molecule has 27 heavy (non-hydrogen) atoms. The van der Waals surface area contributed by atoms with Crippen molar-refractivity contribution >= 4 is 0 Å². The van der Waals surface area contributed by atoms with Crippen molar-refractivity contribution < 1.29 is 29.2 Å². The number of aromatic hydroxyl groups is 2. The zero-order valence-electron chi connectivity index (χ0n) is 16.1. The Bertz CT molecular complexity index is 732. The lowest BCUT2D eigenvalue weighted by molar-refractivity contribution is -0.320. The highest BCUT2D eigenvalue weighted by atomic mass is 16.9. The molecule has 0 amide bonds. The fourth-order valence-electron chi connectivity index (χ4n) is 6.04. The summed E-state index contributed by atoms with van der Waals surface area (Å²) in [5.41, 5.74) is -0.398. The van der Waals surface area contributed by atoms with Gasteiger partial charge in [0.15, 0.2) is 12.1 Å². The number of fused-ring (bicyclic) bond motifs is 1. The SMILES string of the molecule is C[C@H]1C(Oc2cc(O)cc(O)c2)OC2O[C@@]3(C)CCC4[C@H](C)CCC1C24O3. The average Bonchev–Trinajstić information content (AvgIpc) is 2.79. The van der Waals surface area contributed by atoms with Gasteiger partial charge in [0.05, 0.1) is 0 Å². The molecule has 1 saturated carbocycles. The minimum absolute atomic E-state index is 0.0414. The molecule has 2 bridgehead atoms. The zero-order chi connectivity index (χ0) is 19.0. The van der Waals surface area contributed by atoms with Crippen LogP contribution in [0.3, 0.4) is 0 Å². The van der Waals surface area contributed by atoms with Crippen LogP contribution in [0.2, 0.25) is 0 Å². The molecular weight excluding hydrogens is 348 g/mol. The first-order chi connectivity index (χ1) is 12.8. The molecule has 8 atom stereocenters. The maximum absolute atomic E-state index is 9.74. The summed E-state index contributed by atoms with van der Waals surface area (Å²) in [6.45, 7) is 6.48. The third-order valence-electron chi connectivity index (χ3n) is 7.26. The second-order valence-electron chi connectivity index (χ2n) is 9.01.